The molecule has 1 amide bonds. The Morgan fingerprint density at radius 3 is 2.94 bits per heavy atom. The second-order valence-corrected chi connectivity index (χ2v) is 5.17. The van der Waals surface area contributed by atoms with E-state index in [1.807, 2.05) is 12.3 Å². The number of aryl methyl sites for hydroxylation is 1. The molecule has 1 saturated carbocycles. The van der Waals surface area contributed by atoms with Crippen LogP contribution in [-0.4, -0.2) is 17.4 Å². The zero-order valence-electron chi connectivity index (χ0n) is 10.9. The minimum Gasteiger partial charge on any atom is -0.356 e. The molecule has 0 aliphatic heterocycles. The van der Waals surface area contributed by atoms with Crippen molar-refractivity contribution in [1.82, 2.24) is 10.3 Å². The fraction of sp³-hybridized carbons (Fsp3) is 0.600. The summed E-state index contributed by atoms with van der Waals surface area (Å²) in [6, 6.07) is 4.00. The summed E-state index contributed by atoms with van der Waals surface area (Å²) in [5.74, 6) is 0.929. The largest absolute Gasteiger partial charge is 0.356 e. The molecule has 98 valence electrons. The topological polar surface area (TPSA) is 42.0 Å². The van der Waals surface area contributed by atoms with Crippen molar-refractivity contribution in [2.45, 2.75) is 44.9 Å². The number of carbonyl (C=O) groups is 1. The Bertz CT molecular complexity index is 358. The number of carbonyl (C=O) groups excluding carboxylic acids is 1. The predicted octanol–water partition coefficient (Wildman–Crippen LogP) is 2.71. The first-order valence-corrected chi connectivity index (χ1v) is 7.00. The van der Waals surface area contributed by atoms with E-state index in [0.29, 0.717) is 6.42 Å². The fourth-order valence-corrected chi connectivity index (χ4v) is 2.56. The van der Waals surface area contributed by atoms with Crippen LogP contribution in [-0.2, 0) is 11.2 Å². The van der Waals surface area contributed by atoms with Gasteiger partial charge in [0.2, 0.25) is 5.91 Å². The third-order valence-electron chi connectivity index (χ3n) is 3.65. The monoisotopic (exact) mass is 246 g/mol. The Kier molecular flexibility index (Phi) is 5.18. The molecule has 0 unspecified atom stereocenters. The van der Waals surface area contributed by atoms with Gasteiger partial charge in [0.1, 0.15) is 0 Å². The molecule has 0 aromatic carbocycles. The van der Waals surface area contributed by atoms with Crippen molar-refractivity contribution in [3.05, 3.63) is 30.1 Å². The number of amides is 1. The molecular weight excluding hydrogens is 224 g/mol. The van der Waals surface area contributed by atoms with E-state index in [1.165, 1.54) is 31.2 Å². The lowest BCUT2D eigenvalue weighted by atomic mass is 10.1. The molecule has 0 saturated heterocycles. The molecular formula is C15H22N2O. The molecule has 1 aliphatic carbocycles. The first-order chi connectivity index (χ1) is 8.84. The number of hydrogen-bond donors (Lipinski definition) is 1. The molecule has 1 heterocycles. The minimum absolute atomic E-state index is 0.200. The Morgan fingerprint density at radius 1 is 1.39 bits per heavy atom. The molecule has 1 aliphatic rings. The fourth-order valence-electron chi connectivity index (χ4n) is 2.56. The van der Waals surface area contributed by atoms with Gasteiger partial charge in [-0.2, -0.15) is 0 Å². The highest BCUT2D eigenvalue weighted by Gasteiger charge is 2.15. The quantitative estimate of drug-likeness (QED) is 0.838. The number of nitrogens with zero attached hydrogens (tertiary/aromatic N) is 1. The molecule has 3 heteroatoms. The van der Waals surface area contributed by atoms with E-state index in [0.717, 1.165) is 25.3 Å². The molecule has 18 heavy (non-hydrogen) atoms. The van der Waals surface area contributed by atoms with Crippen LogP contribution in [0.2, 0.25) is 0 Å². The lowest BCUT2D eigenvalue weighted by Crippen LogP contribution is -2.28. The van der Waals surface area contributed by atoms with E-state index in [1.54, 1.807) is 6.20 Å². The smallest absolute Gasteiger partial charge is 0.220 e. The van der Waals surface area contributed by atoms with Crippen molar-refractivity contribution < 1.29 is 4.79 Å². The number of aromatic nitrogens is 1. The number of pyridine rings is 1. The second kappa shape index (κ2) is 7.14. The lowest BCUT2D eigenvalue weighted by molar-refractivity contribution is -0.121. The van der Waals surface area contributed by atoms with Gasteiger partial charge in [-0.05, 0) is 43.2 Å². The van der Waals surface area contributed by atoms with E-state index in [9.17, 15) is 4.79 Å². The van der Waals surface area contributed by atoms with Crippen molar-refractivity contribution in [2.75, 3.05) is 6.54 Å². The first-order valence-electron chi connectivity index (χ1n) is 7.00. The molecule has 2 rings (SSSR count). The van der Waals surface area contributed by atoms with Crippen LogP contribution in [0.25, 0.3) is 0 Å². The van der Waals surface area contributed by atoms with Crippen molar-refractivity contribution in [2.24, 2.45) is 5.92 Å². The minimum atomic E-state index is 0.200. The van der Waals surface area contributed by atoms with E-state index in [4.69, 9.17) is 0 Å². The molecule has 0 atom stereocenters. The van der Waals surface area contributed by atoms with Crippen LogP contribution < -0.4 is 5.32 Å². The second-order valence-electron chi connectivity index (χ2n) is 5.17. The predicted molar refractivity (Wildman–Crippen MR) is 72.1 cm³/mol. The highest BCUT2D eigenvalue weighted by Crippen LogP contribution is 2.23. The first kappa shape index (κ1) is 13.1. The van der Waals surface area contributed by atoms with E-state index in [-0.39, 0.29) is 5.91 Å². The summed E-state index contributed by atoms with van der Waals surface area (Å²) in [5, 5.41) is 3.06. The molecule has 1 aromatic rings. The van der Waals surface area contributed by atoms with Gasteiger partial charge in [-0.15, -0.1) is 0 Å². The van der Waals surface area contributed by atoms with Gasteiger partial charge in [-0.25, -0.2) is 0 Å². The SMILES string of the molecule is O=C(CCCc1cccnc1)NCC1CCCC1. The molecule has 0 bridgehead atoms. The van der Waals surface area contributed by atoms with Gasteiger partial charge in [0.25, 0.3) is 0 Å². The van der Waals surface area contributed by atoms with Crippen LogP contribution in [0.4, 0.5) is 0 Å². The Morgan fingerprint density at radius 2 is 2.22 bits per heavy atom. The van der Waals surface area contributed by atoms with Gasteiger partial charge in [-0.3, -0.25) is 9.78 Å². The molecule has 0 spiro atoms. The number of hydrogen-bond acceptors (Lipinski definition) is 2. The van der Waals surface area contributed by atoms with Gasteiger partial charge in [-0.1, -0.05) is 18.9 Å². The molecule has 1 aromatic heterocycles. The van der Waals surface area contributed by atoms with Crippen LogP contribution in [0.5, 0.6) is 0 Å². The van der Waals surface area contributed by atoms with Gasteiger partial charge >= 0.3 is 0 Å². The lowest BCUT2D eigenvalue weighted by Gasteiger charge is -2.10. The van der Waals surface area contributed by atoms with Crippen LogP contribution in [0, 0.1) is 5.92 Å². The van der Waals surface area contributed by atoms with E-state index in [2.05, 4.69) is 16.4 Å². The molecule has 3 nitrogen and oxygen atoms in total. The summed E-state index contributed by atoms with van der Waals surface area (Å²) in [6.45, 7) is 0.881. The summed E-state index contributed by atoms with van der Waals surface area (Å²) in [4.78, 5) is 15.7. The van der Waals surface area contributed by atoms with Crippen LogP contribution in [0.1, 0.15) is 44.1 Å². The number of rotatable bonds is 6. The maximum atomic E-state index is 11.7. The standard InChI is InChI=1S/C15H22N2O/c18-15(17-12-14-5-1-2-6-14)9-3-7-13-8-4-10-16-11-13/h4,8,10-11,14H,1-3,5-7,9,12H2,(H,17,18). The molecule has 0 radical (unpaired) electrons. The Hall–Kier alpha value is -1.38. The zero-order valence-corrected chi connectivity index (χ0v) is 10.9. The van der Waals surface area contributed by atoms with Crippen molar-refractivity contribution in [3.63, 3.8) is 0 Å². The average molecular weight is 246 g/mol. The van der Waals surface area contributed by atoms with Crippen LogP contribution in [0.15, 0.2) is 24.5 Å². The van der Waals surface area contributed by atoms with Gasteiger partial charge in [0, 0.05) is 25.4 Å². The van der Waals surface area contributed by atoms with E-state index < -0.39 is 0 Å². The van der Waals surface area contributed by atoms with E-state index >= 15 is 0 Å². The number of nitrogens with one attached hydrogen (secondary N) is 1. The normalized spacial score (nSPS) is 15.8. The van der Waals surface area contributed by atoms with Gasteiger partial charge in [0.05, 0.1) is 0 Å². The average Bonchev–Trinajstić information content (AvgIpc) is 2.91. The molecule has 1 fully saturated rings. The zero-order chi connectivity index (χ0) is 12.6. The van der Waals surface area contributed by atoms with Crippen molar-refractivity contribution in [3.8, 4) is 0 Å². The highest BCUT2D eigenvalue weighted by atomic mass is 16.1. The third-order valence-corrected chi connectivity index (χ3v) is 3.65. The van der Waals surface area contributed by atoms with Gasteiger partial charge < -0.3 is 5.32 Å². The summed E-state index contributed by atoms with van der Waals surface area (Å²) < 4.78 is 0. The van der Waals surface area contributed by atoms with Gasteiger partial charge in [0.15, 0.2) is 0 Å². The molecule has 1 N–H and O–H groups in total. The summed E-state index contributed by atoms with van der Waals surface area (Å²) >= 11 is 0. The van der Waals surface area contributed by atoms with Crippen LogP contribution in [0.3, 0.4) is 0 Å². The van der Waals surface area contributed by atoms with Crippen molar-refractivity contribution in [1.29, 1.82) is 0 Å². The maximum absolute atomic E-state index is 11.7. The Labute approximate surface area is 109 Å². The van der Waals surface area contributed by atoms with Crippen molar-refractivity contribution >= 4 is 5.91 Å². The third kappa shape index (κ3) is 4.47. The maximum Gasteiger partial charge on any atom is 0.220 e. The van der Waals surface area contributed by atoms with Crippen LogP contribution >= 0.6 is 0 Å². The summed E-state index contributed by atoms with van der Waals surface area (Å²) in [6.07, 6.45) is 11.4. The summed E-state index contributed by atoms with van der Waals surface area (Å²) in [5.41, 5.74) is 1.21. The highest BCUT2D eigenvalue weighted by molar-refractivity contribution is 5.75. The summed E-state index contributed by atoms with van der Waals surface area (Å²) in [7, 11) is 0. The Balaban J connectivity index is 1.57.